The number of nitrogens with one attached hydrogen (secondary N) is 1. The molecule has 0 radical (unpaired) electrons. The monoisotopic (exact) mass is 252 g/mol. The lowest BCUT2D eigenvalue weighted by Crippen LogP contribution is -2.38. The predicted octanol–water partition coefficient (Wildman–Crippen LogP) is 3.08. The van der Waals surface area contributed by atoms with Gasteiger partial charge in [-0.2, -0.15) is 0 Å². The average molecular weight is 253 g/mol. The van der Waals surface area contributed by atoms with Crippen molar-refractivity contribution >= 4 is 11.6 Å². The molecule has 1 aromatic rings. The van der Waals surface area contributed by atoms with Gasteiger partial charge in [0.1, 0.15) is 0 Å². The van der Waals surface area contributed by atoms with E-state index in [-0.39, 0.29) is 0 Å². The van der Waals surface area contributed by atoms with Crippen molar-refractivity contribution < 1.29 is 0 Å². The number of halogens is 1. The Labute approximate surface area is 109 Å². The minimum atomic E-state index is 0.434. The fourth-order valence-electron chi connectivity index (χ4n) is 2.73. The summed E-state index contributed by atoms with van der Waals surface area (Å²) in [7, 11) is 0. The molecule has 0 amide bonds. The van der Waals surface area contributed by atoms with Crippen molar-refractivity contribution in [2.75, 3.05) is 19.6 Å². The van der Waals surface area contributed by atoms with Crippen LogP contribution in [-0.4, -0.2) is 30.6 Å². The first-order valence-corrected chi connectivity index (χ1v) is 6.82. The van der Waals surface area contributed by atoms with Gasteiger partial charge >= 0.3 is 0 Å². The van der Waals surface area contributed by atoms with Gasteiger partial charge in [0.25, 0.3) is 0 Å². The zero-order valence-corrected chi connectivity index (χ0v) is 11.4. The van der Waals surface area contributed by atoms with Crippen LogP contribution in [-0.2, 0) is 0 Å². The van der Waals surface area contributed by atoms with E-state index in [4.69, 9.17) is 11.6 Å². The molecule has 1 heterocycles. The maximum Gasteiger partial charge on any atom is 0.0409 e. The zero-order valence-electron chi connectivity index (χ0n) is 10.6. The number of benzene rings is 1. The molecule has 2 nitrogen and oxygen atoms in total. The van der Waals surface area contributed by atoms with Crippen LogP contribution in [0.4, 0.5) is 0 Å². The van der Waals surface area contributed by atoms with Gasteiger partial charge in [-0.25, -0.2) is 0 Å². The summed E-state index contributed by atoms with van der Waals surface area (Å²) in [6.07, 6.45) is 1.25. The molecule has 0 aliphatic carbocycles. The number of likely N-dealkylation sites (N-methyl/N-ethyl adjacent to an activating group) is 1. The fourth-order valence-corrected chi connectivity index (χ4v) is 2.93. The Morgan fingerprint density at radius 3 is 2.94 bits per heavy atom. The first-order chi connectivity index (χ1) is 8.22. The first kappa shape index (κ1) is 12.9. The van der Waals surface area contributed by atoms with E-state index in [1.807, 2.05) is 12.1 Å². The highest BCUT2D eigenvalue weighted by molar-refractivity contribution is 6.30. The molecule has 2 rings (SSSR count). The second-order valence-electron chi connectivity index (χ2n) is 4.71. The smallest absolute Gasteiger partial charge is 0.0409 e. The predicted molar refractivity (Wildman–Crippen MR) is 73.5 cm³/mol. The van der Waals surface area contributed by atoms with Gasteiger partial charge in [-0.3, -0.25) is 4.90 Å². The molecular weight excluding hydrogens is 232 g/mol. The topological polar surface area (TPSA) is 15.3 Å². The van der Waals surface area contributed by atoms with Gasteiger partial charge in [0.2, 0.25) is 0 Å². The average Bonchev–Trinajstić information content (AvgIpc) is 2.83. The number of rotatable bonds is 4. The summed E-state index contributed by atoms with van der Waals surface area (Å²) in [4.78, 5) is 2.56. The summed E-state index contributed by atoms with van der Waals surface area (Å²) in [5.41, 5.74) is 1.31. The van der Waals surface area contributed by atoms with Crippen LogP contribution in [0, 0.1) is 0 Å². The molecule has 1 saturated heterocycles. The van der Waals surface area contributed by atoms with Crippen LogP contribution in [0.25, 0.3) is 0 Å². The maximum atomic E-state index is 6.07. The molecule has 1 aromatic carbocycles. The highest BCUT2D eigenvalue weighted by atomic mass is 35.5. The van der Waals surface area contributed by atoms with Gasteiger partial charge in [-0.15, -0.1) is 0 Å². The Hall–Kier alpha value is -0.570. The van der Waals surface area contributed by atoms with E-state index < -0.39 is 0 Å². The number of hydrogen-bond donors (Lipinski definition) is 1. The standard InChI is InChI=1S/C14H21ClN2/c1-3-17(14-7-8-16-10-14)11(2)12-5-4-6-13(15)9-12/h4-6,9,11,14,16H,3,7-8,10H2,1-2H3. The van der Waals surface area contributed by atoms with E-state index in [1.54, 1.807) is 0 Å². The maximum absolute atomic E-state index is 6.07. The third kappa shape index (κ3) is 3.01. The Balaban J connectivity index is 2.13. The van der Waals surface area contributed by atoms with E-state index in [0.29, 0.717) is 12.1 Å². The SMILES string of the molecule is CCN(C1CCNC1)C(C)c1cccc(Cl)c1. The Bertz CT molecular complexity index is 361. The van der Waals surface area contributed by atoms with Crippen molar-refractivity contribution in [2.45, 2.75) is 32.4 Å². The van der Waals surface area contributed by atoms with Gasteiger partial charge in [-0.05, 0) is 44.1 Å². The van der Waals surface area contributed by atoms with E-state index in [0.717, 1.165) is 24.7 Å². The summed E-state index contributed by atoms with van der Waals surface area (Å²) in [6.45, 7) is 7.84. The van der Waals surface area contributed by atoms with Crippen LogP contribution < -0.4 is 5.32 Å². The molecule has 1 aliphatic rings. The molecule has 1 fully saturated rings. The molecule has 94 valence electrons. The van der Waals surface area contributed by atoms with E-state index in [9.17, 15) is 0 Å². The van der Waals surface area contributed by atoms with Crippen LogP contribution in [0.1, 0.15) is 31.9 Å². The van der Waals surface area contributed by atoms with Gasteiger partial charge in [0, 0.05) is 23.7 Å². The quantitative estimate of drug-likeness (QED) is 0.886. The first-order valence-electron chi connectivity index (χ1n) is 6.44. The van der Waals surface area contributed by atoms with Gasteiger partial charge < -0.3 is 5.32 Å². The Morgan fingerprint density at radius 1 is 1.53 bits per heavy atom. The summed E-state index contributed by atoms with van der Waals surface area (Å²) >= 11 is 6.07. The molecule has 0 aromatic heterocycles. The third-order valence-electron chi connectivity index (χ3n) is 3.70. The number of hydrogen-bond acceptors (Lipinski definition) is 2. The van der Waals surface area contributed by atoms with Crippen LogP contribution in [0.2, 0.25) is 5.02 Å². The van der Waals surface area contributed by atoms with Gasteiger partial charge in [0.15, 0.2) is 0 Å². The highest BCUT2D eigenvalue weighted by Gasteiger charge is 2.25. The van der Waals surface area contributed by atoms with E-state index in [1.165, 1.54) is 12.0 Å². The summed E-state index contributed by atoms with van der Waals surface area (Å²) in [5.74, 6) is 0. The largest absolute Gasteiger partial charge is 0.315 e. The van der Waals surface area contributed by atoms with E-state index >= 15 is 0 Å². The lowest BCUT2D eigenvalue weighted by molar-refractivity contribution is 0.163. The van der Waals surface area contributed by atoms with Crippen molar-refractivity contribution in [3.05, 3.63) is 34.9 Å². The summed E-state index contributed by atoms with van der Waals surface area (Å²) in [6, 6.07) is 9.32. The van der Waals surface area contributed by atoms with Gasteiger partial charge in [0.05, 0.1) is 0 Å². The van der Waals surface area contributed by atoms with E-state index in [2.05, 4.69) is 36.2 Å². The lowest BCUT2D eigenvalue weighted by atomic mass is 10.0. The Morgan fingerprint density at radius 2 is 2.35 bits per heavy atom. The molecule has 0 spiro atoms. The highest BCUT2D eigenvalue weighted by Crippen LogP contribution is 2.26. The molecule has 0 bridgehead atoms. The molecule has 3 heteroatoms. The van der Waals surface area contributed by atoms with Crippen LogP contribution in [0.15, 0.2) is 24.3 Å². The molecule has 1 aliphatic heterocycles. The second kappa shape index (κ2) is 5.85. The number of nitrogens with zero attached hydrogens (tertiary/aromatic N) is 1. The normalized spacial score (nSPS) is 22.0. The molecule has 0 saturated carbocycles. The molecule has 2 atom stereocenters. The molecule has 17 heavy (non-hydrogen) atoms. The second-order valence-corrected chi connectivity index (χ2v) is 5.14. The van der Waals surface area contributed by atoms with Crippen molar-refractivity contribution in [1.82, 2.24) is 10.2 Å². The summed E-state index contributed by atoms with van der Waals surface area (Å²) in [5, 5.41) is 4.27. The molecular formula is C14H21ClN2. The molecule has 1 N–H and O–H groups in total. The third-order valence-corrected chi connectivity index (χ3v) is 3.93. The van der Waals surface area contributed by atoms with Crippen molar-refractivity contribution in [1.29, 1.82) is 0 Å². The van der Waals surface area contributed by atoms with Crippen molar-refractivity contribution in [3.63, 3.8) is 0 Å². The Kier molecular flexibility index (Phi) is 4.43. The zero-order chi connectivity index (χ0) is 12.3. The summed E-state index contributed by atoms with van der Waals surface area (Å²) < 4.78 is 0. The van der Waals surface area contributed by atoms with Crippen molar-refractivity contribution in [2.24, 2.45) is 0 Å². The van der Waals surface area contributed by atoms with Crippen LogP contribution in [0.5, 0.6) is 0 Å². The molecule has 2 unspecified atom stereocenters. The lowest BCUT2D eigenvalue weighted by Gasteiger charge is -2.33. The fraction of sp³-hybridized carbons (Fsp3) is 0.571. The van der Waals surface area contributed by atoms with Crippen molar-refractivity contribution in [3.8, 4) is 0 Å². The van der Waals surface area contributed by atoms with Crippen LogP contribution in [0.3, 0.4) is 0 Å². The van der Waals surface area contributed by atoms with Gasteiger partial charge in [-0.1, -0.05) is 30.7 Å². The van der Waals surface area contributed by atoms with Crippen LogP contribution >= 0.6 is 11.6 Å². The minimum absolute atomic E-state index is 0.434. The minimum Gasteiger partial charge on any atom is -0.315 e.